The SMILES string of the molecule is N#CCSc1nc2cc(Cl)ccc2c(=O)n1Cc1ccccc1. The molecule has 0 atom stereocenters. The van der Waals surface area contributed by atoms with Crippen molar-refractivity contribution in [2.75, 3.05) is 5.75 Å². The van der Waals surface area contributed by atoms with E-state index < -0.39 is 0 Å². The third kappa shape index (κ3) is 3.39. The number of fused-ring (bicyclic) bond motifs is 1. The smallest absolute Gasteiger partial charge is 0.262 e. The second kappa shape index (κ2) is 6.86. The van der Waals surface area contributed by atoms with Crippen molar-refractivity contribution in [2.45, 2.75) is 11.7 Å². The molecule has 0 bridgehead atoms. The Hall–Kier alpha value is -2.29. The molecule has 0 radical (unpaired) electrons. The highest BCUT2D eigenvalue weighted by atomic mass is 35.5. The normalized spacial score (nSPS) is 10.6. The van der Waals surface area contributed by atoms with E-state index in [0.717, 1.165) is 5.56 Å². The maximum Gasteiger partial charge on any atom is 0.262 e. The standard InChI is InChI=1S/C17H12ClN3OS/c18-13-6-7-14-15(10-13)20-17(23-9-8-19)21(16(14)22)11-12-4-2-1-3-5-12/h1-7,10H,9,11H2. The van der Waals surface area contributed by atoms with Gasteiger partial charge >= 0.3 is 0 Å². The lowest BCUT2D eigenvalue weighted by atomic mass is 10.2. The van der Waals surface area contributed by atoms with Crippen molar-refractivity contribution in [3.8, 4) is 6.07 Å². The summed E-state index contributed by atoms with van der Waals surface area (Å²) in [5.41, 5.74) is 1.42. The lowest BCUT2D eigenvalue weighted by molar-refractivity contribution is 0.658. The Morgan fingerprint density at radius 3 is 2.74 bits per heavy atom. The first kappa shape index (κ1) is 15.6. The zero-order valence-corrected chi connectivity index (χ0v) is 13.6. The molecule has 114 valence electrons. The fourth-order valence-electron chi connectivity index (χ4n) is 2.29. The average Bonchev–Trinajstić information content (AvgIpc) is 2.56. The van der Waals surface area contributed by atoms with Crippen LogP contribution in [0.15, 0.2) is 58.5 Å². The van der Waals surface area contributed by atoms with Gasteiger partial charge in [-0.2, -0.15) is 5.26 Å². The summed E-state index contributed by atoms with van der Waals surface area (Å²) in [6.45, 7) is 0.416. The third-order valence-electron chi connectivity index (χ3n) is 3.33. The molecule has 0 saturated carbocycles. The molecule has 2 aromatic carbocycles. The Balaban J connectivity index is 2.17. The van der Waals surface area contributed by atoms with Gasteiger partial charge in [0, 0.05) is 5.02 Å². The van der Waals surface area contributed by atoms with E-state index in [1.54, 1.807) is 22.8 Å². The van der Waals surface area contributed by atoms with Crippen LogP contribution >= 0.6 is 23.4 Å². The summed E-state index contributed by atoms with van der Waals surface area (Å²) in [5.74, 6) is 0.229. The fraction of sp³-hybridized carbons (Fsp3) is 0.118. The van der Waals surface area contributed by atoms with Crippen LogP contribution in [-0.2, 0) is 6.54 Å². The fourth-order valence-corrected chi connectivity index (χ4v) is 3.11. The molecular weight excluding hydrogens is 330 g/mol. The van der Waals surface area contributed by atoms with E-state index >= 15 is 0 Å². The summed E-state index contributed by atoms with van der Waals surface area (Å²) in [4.78, 5) is 17.3. The molecule has 0 aliphatic heterocycles. The molecule has 0 unspecified atom stereocenters. The van der Waals surface area contributed by atoms with Gasteiger partial charge in [-0.3, -0.25) is 9.36 Å². The van der Waals surface area contributed by atoms with E-state index in [1.807, 2.05) is 30.3 Å². The highest BCUT2D eigenvalue weighted by molar-refractivity contribution is 7.99. The predicted octanol–water partition coefficient (Wildman–Crippen LogP) is 3.71. The summed E-state index contributed by atoms with van der Waals surface area (Å²) in [6.07, 6.45) is 0. The number of nitriles is 1. The highest BCUT2D eigenvalue weighted by Gasteiger charge is 2.12. The molecule has 4 nitrogen and oxygen atoms in total. The van der Waals surface area contributed by atoms with Crippen LogP contribution in [0.25, 0.3) is 10.9 Å². The van der Waals surface area contributed by atoms with Gasteiger partial charge in [-0.15, -0.1) is 0 Å². The number of rotatable bonds is 4. The Morgan fingerprint density at radius 1 is 1.22 bits per heavy atom. The van der Waals surface area contributed by atoms with Gasteiger partial charge in [-0.25, -0.2) is 4.98 Å². The van der Waals surface area contributed by atoms with Crippen LogP contribution < -0.4 is 5.56 Å². The van der Waals surface area contributed by atoms with Gasteiger partial charge in [0.25, 0.3) is 5.56 Å². The minimum Gasteiger partial charge on any atom is -0.283 e. The minimum absolute atomic E-state index is 0.129. The molecule has 0 aliphatic rings. The predicted molar refractivity (Wildman–Crippen MR) is 92.9 cm³/mol. The summed E-state index contributed by atoms with van der Waals surface area (Å²) in [7, 11) is 0. The van der Waals surface area contributed by atoms with E-state index in [4.69, 9.17) is 16.9 Å². The highest BCUT2D eigenvalue weighted by Crippen LogP contribution is 2.21. The molecule has 1 aromatic heterocycles. The number of hydrogen-bond donors (Lipinski definition) is 0. The molecule has 3 rings (SSSR count). The third-order valence-corrected chi connectivity index (χ3v) is 4.41. The van der Waals surface area contributed by atoms with Crippen LogP contribution in [0.4, 0.5) is 0 Å². The van der Waals surface area contributed by atoms with Crippen molar-refractivity contribution in [3.63, 3.8) is 0 Å². The minimum atomic E-state index is -0.129. The van der Waals surface area contributed by atoms with Crippen LogP contribution in [-0.4, -0.2) is 15.3 Å². The summed E-state index contributed by atoms with van der Waals surface area (Å²) >= 11 is 7.24. The maximum absolute atomic E-state index is 12.8. The molecular formula is C17H12ClN3OS. The number of benzene rings is 2. The van der Waals surface area contributed by atoms with E-state index in [2.05, 4.69) is 11.1 Å². The topological polar surface area (TPSA) is 58.7 Å². The molecule has 6 heteroatoms. The van der Waals surface area contributed by atoms with E-state index in [-0.39, 0.29) is 11.3 Å². The molecule has 0 fully saturated rings. The first-order valence-corrected chi connectivity index (χ1v) is 8.29. The summed E-state index contributed by atoms with van der Waals surface area (Å²) < 4.78 is 1.60. The second-order valence-corrected chi connectivity index (χ2v) is 6.26. The number of hydrogen-bond acceptors (Lipinski definition) is 4. The number of halogens is 1. The molecule has 23 heavy (non-hydrogen) atoms. The van der Waals surface area contributed by atoms with E-state index in [0.29, 0.717) is 27.6 Å². The Morgan fingerprint density at radius 2 is 2.00 bits per heavy atom. The summed E-state index contributed by atoms with van der Waals surface area (Å²) in [6, 6.07) is 16.8. The summed E-state index contributed by atoms with van der Waals surface area (Å²) in [5, 5.41) is 10.4. The molecule has 0 aliphatic carbocycles. The van der Waals surface area contributed by atoms with Gasteiger partial charge in [0.05, 0.1) is 29.3 Å². The van der Waals surface area contributed by atoms with Gasteiger partial charge in [0.1, 0.15) is 0 Å². The monoisotopic (exact) mass is 341 g/mol. The second-order valence-electron chi connectivity index (χ2n) is 4.88. The van der Waals surface area contributed by atoms with Crippen molar-refractivity contribution < 1.29 is 0 Å². The van der Waals surface area contributed by atoms with Gasteiger partial charge in [-0.05, 0) is 23.8 Å². The van der Waals surface area contributed by atoms with Crippen LogP contribution in [0.3, 0.4) is 0 Å². The maximum atomic E-state index is 12.8. The van der Waals surface area contributed by atoms with Gasteiger partial charge in [0.15, 0.2) is 5.16 Å². The molecule has 1 heterocycles. The lowest BCUT2D eigenvalue weighted by Gasteiger charge is -2.12. The first-order valence-electron chi connectivity index (χ1n) is 6.93. The Bertz CT molecular complexity index is 948. The van der Waals surface area contributed by atoms with Crippen molar-refractivity contribution in [3.05, 3.63) is 69.5 Å². The van der Waals surface area contributed by atoms with Crippen molar-refractivity contribution >= 4 is 34.3 Å². The van der Waals surface area contributed by atoms with E-state index in [9.17, 15) is 4.79 Å². The Kier molecular flexibility index (Phi) is 4.65. The lowest BCUT2D eigenvalue weighted by Crippen LogP contribution is -2.24. The van der Waals surface area contributed by atoms with Gasteiger partial charge in [-0.1, -0.05) is 53.7 Å². The van der Waals surface area contributed by atoms with Crippen molar-refractivity contribution in [1.82, 2.24) is 9.55 Å². The zero-order chi connectivity index (χ0) is 16.2. The average molecular weight is 342 g/mol. The van der Waals surface area contributed by atoms with Crippen molar-refractivity contribution in [2.24, 2.45) is 0 Å². The van der Waals surface area contributed by atoms with Crippen LogP contribution in [0.1, 0.15) is 5.56 Å². The van der Waals surface area contributed by atoms with Gasteiger partial charge in [0.2, 0.25) is 0 Å². The van der Waals surface area contributed by atoms with Crippen LogP contribution in [0.2, 0.25) is 5.02 Å². The number of nitrogens with zero attached hydrogens (tertiary/aromatic N) is 3. The Labute approximate surface area is 142 Å². The molecule has 0 N–H and O–H groups in total. The molecule has 0 spiro atoms. The largest absolute Gasteiger partial charge is 0.283 e. The van der Waals surface area contributed by atoms with Gasteiger partial charge < -0.3 is 0 Å². The van der Waals surface area contributed by atoms with E-state index in [1.165, 1.54) is 11.8 Å². The molecule has 0 amide bonds. The van der Waals surface area contributed by atoms with Crippen molar-refractivity contribution in [1.29, 1.82) is 5.26 Å². The van der Waals surface area contributed by atoms with Crippen LogP contribution in [0.5, 0.6) is 0 Å². The first-order chi connectivity index (χ1) is 11.2. The van der Waals surface area contributed by atoms with Crippen LogP contribution in [0, 0.1) is 11.3 Å². The number of aromatic nitrogens is 2. The molecule has 3 aromatic rings. The molecule has 0 saturated heterocycles. The zero-order valence-electron chi connectivity index (χ0n) is 12.1. The quantitative estimate of drug-likeness (QED) is 0.536. The number of thioether (sulfide) groups is 1.